The van der Waals surface area contributed by atoms with Gasteiger partial charge in [0, 0.05) is 0 Å². The van der Waals surface area contributed by atoms with Crippen molar-refractivity contribution in [2.45, 2.75) is 1.47 Å². The van der Waals surface area contributed by atoms with Crippen molar-refractivity contribution in [2.24, 2.45) is 0 Å². The summed E-state index contributed by atoms with van der Waals surface area (Å²) in [6, 6.07) is 0. The fourth-order valence-corrected chi connectivity index (χ4v) is 0. The summed E-state index contributed by atoms with van der Waals surface area (Å²) in [4.78, 5) is 0. The Morgan fingerprint density at radius 2 is 1.33 bits per heavy atom. The molecule has 3 nitrogen and oxygen atoms in total. The first-order valence-electron chi connectivity index (χ1n) is 1.27. The normalized spacial score (nSPS) is 12.4. The Balaban J connectivity index is 0. The Morgan fingerprint density at radius 1 is 1.22 bits per heavy atom. The molecule has 60 valence electrons. The molecule has 0 aliphatic rings. The van der Waals surface area contributed by atoms with E-state index >= 15 is 0 Å². The first-order valence-corrected chi connectivity index (χ1v) is 5.06. The molecule has 0 unspecified atom stereocenters. The Morgan fingerprint density at radius 3 is 1.33 bits per heavy atom. The average molecular weight is 440 g/mol. The van der Waals surface area contributed by atoms with Gasteiger partial charge in [0.15, 0.2) is 0 Å². The van der Waals surface area contributed by atoms with E-state index in [1.807, 2.05) is 0 Å². The zero-order chi connectivity index (χ0) is 7.00. The molecule has 0 radical (unpaired) electrons. The first kappa shape index (κ1) is 13.7. The minimum atomic E-state index is -4.34. The Labute approximate surface area is 93.6 Å². The van der Waals surface area contributed by atoms with Gasteiger partial charge in [0.25, 0.3) is 0 Å². The second-order valence-corrected chi connectivity index (χ2v) is 10.8. The summed E-state index contributed by atoms with van der Waals surface area (Å²) in [6.45, 7) is 0. The van der Waals surface area contributed by atoms with Crippen molar-refractivity contribution in [2.75, 3.05) is 0 Å². The summed E-state index contributed by atoms with van der Waals surface area (Å²) in [5.41, 5.74) is 0. The molecule has 0 aliphatic carbocycles. The van der Waals surface area contributed by atoms with E-state index in [-0.39, 0.29) is 22.4 Å². The van der Waals surface area contributed by atoms with Crippen LogP contribution < -0.4 is 0 Å². The van der Waals surface area contributed by atoms with Crippen LogP contribution in [0.5, 0.6) is 0 Å². The third-order valence-corrected chi connectivity index (χ3v) is 4.42. The fourth-order valence-electron chi connectivity index (χ4n) is 0. The smallest absolute Gasteiger partial charge is 0.746 e. The summed E-state index contributed by atoms with van der Waals surface area (Å²) in [5, 5.41) is 0. The molecule has 0 N–H and O–H groups in total. The van der Waals surface area contributed by atoms with Crippen molar-refractivity contribution < 1.29 is 35.4 Å². The quantitative estimate of drug-likeness (QED) is 0.325. The maximum atomic E-state index is 9.96. The van der Waals surface area contributed by atoms with E-state index < -0.39 is 11.6 Å². The van der Waals surface area contributed by atoms with Crippen LogP contribution in [0.1, 0.15) is 0 Å². The number of alkyl halides is 3. The Kier molecular flexibility index (Phi) is 6.38. The summed E-state index contributed by atoms with van der Waals surface area (Å²) in [7, 11) is -4.34. The first-order chi connectivity index (χ1) is 3.25. The van der Waals surface area contributed by atoms with Gasteiger partial charge < -0.3 is 4.55 Å². The summed E-state index contributed by atoms with van der Waals surface area (Å²) in [6.07, 6.45) is 0. The fraction of sp³-hybridized carbons (Fsp3) is 1.00. The molecule has 8 heteroatoms. The van der Waals surface area contributed by atoms with E-state index in [9.17, 15) is 13.0 Å². The van der Waals surface area contributed by atoms with Gasteiger partial charge >= 0.3 is 22.4 Å². The average Bonchev–Trinajstić information content (AvgIpc) is 1.25. The molecule has 0 amide bonds. The van der Waals surface area contributed by atoms with Crippen molar-refractivity contribution in [1.29, 1.82) is 0 Å². The molecule has 0 aromatic heterocycles. The van der Waals surface area contributed by atoms with Gasteiger partial charge in [-0.25, -0.2) is 8.42 Å². The van der Waals surface area contributed by atoms with Crippen molar-refractivity contribution in [1.82, 2.24) is 0 Å². The zero-order valence-corrected chi connectivity index (χ0v) is 10.6. The molecule has 0 fully saturated rings. The van der Waals surface area contributed by atoms with Crippen LogP contribution in [0.4, 0.5) is 0 Å². The van der Waals surface area contributed by atoms with Gasteiger partial charge in [-0.05, 0) is 47.8 Å². The largest absolute Gasteiger partial charge is 1.00 e. The van der Waals surface area contributed by atoms with Gasteiger partial charge in [0.05, 0.1) is 0 Å². The van der Waals surface area contributed by atoms with E-state index in [2.05, 4.69) is 47.8 Å². The standard InChI is InChI=1S/CHBr3O3S.Ag/c2-1(3,4)8(5,6)7;/h(H,5,6,7);/q;+1/p-1. The number of hydrogen-bond acceptors (Lipinski definition) is 3. The number of rotatable bonds is 0. The van der Waals surface area contributed by atoms with Crippen molar-refractivity contribution in [3.8, 4) is 0 Å². The van der Waals surface area contributed by atoms with Crippen LogP contribution in [0.25, 0.3) is 0 Å². The monoisotopic (exact) mass is 436 g/mol. The molecule has 0 bridgehead atoms. The van der Waals surface area contributed by atoms with Crippen LogP contribution in [-0.4, -0.2) is 14.4 Å². The Bertz CT molecular complexity index is 168. The van der Waals surface area contributed by atoms with Crippen molar-refractivity contribution >= 4 is 57.9 Å². The predicted molar refractivity (Wildman–Crippen MR) is 39.2 cm³/mol. The zero-order valence-electron chi connectivity index (χ0n) is 3.57. The van der Waals surface area contributed by atoms with Crippen molar-refractivity contribution in [3.63, 3.8) is 0 Å². The molecule has 0 aromatic rings. The molecular weight excluding hydrogens is 440 g/mol. The maximum Gasteiger partial charge on any atom is 1.00 e. The van der Waals surface area contributed by atoms with Crippen LogP contribution in [0.15, 0.2) is 0 Å². The van der Waals surface area contributed by atoms with Gasteiger partial charge in [-0.1, -0.05) is 0 Å². The summed E-state index contributed by atoms with van der Waals surface area (Å²) >= 11 is 7.60. The van der Waals surface area contributed by atoms with Crippen LogP contribution in [0, 0.1) is 0 Å². The van der Waals surface area contributed by atoms with Crippen LogP contribution in [0.2, 0.25) is 0 Å². The number of hydrogen-bond donors (Lipinski definition) is 0. The minimum Gasteiger partial charge on any atom is -0.746 e. The minimum absolute atomic E-state index is 0. The second kappa shape index (κ2) is 4.20. The Hall–Kier alpha value is 2.09. The van der Waals surface area contributed by atoms with Crippen molar-refractivity contribution in [3.05, 3.63) is 0 Å². The van der Waals surface area contributed by atoms with Gasteiger partial charge in [-0.2, -0.15) is 0 Å². The molecule has 0 rings (SSSR count). The molecular formula is CAgBr3O3S. The molecule has 9 heavy (non-hydrogen) atoms. The summed E-state index contributed by atoms with van der Waals surface area (Å²) < 4.78 is 28.2. The second-order valence-electron chi connectivity index (χ2n) is 0.900. The van der Waals surface area contributed by atoms with Crippen LogP contribution in [-0.2, 0) is 32.5 Å². The predicted octanol–water partition coefficient (Wildman–Crippen LogP) is 1.33. The molecule has 0 heterocycles. The third kappa shape index (κ3) is 5.37. The van der Waals surface area contributed by atoms with Gasteiger partial charge in [-0.15, -0.1) is 0 Å². The van der Waals surface area contributed by atoms with E-state index in [1.54, 1.807) is 0 Å². The molecule has 0 saturated heterocycles. The topological polar surface area (TPSA) is 57.2 Å². The maximum absolute atomic E-state index is 9.96. The van der Waals surface area contributed by atoms with E-state index in [4.69, 9.17) is 0 Å². The molecule has 0 atom stereocenters. The van der Waals surface area contributed by atoms with E-state index in [0.717, 1.165) is 0 Å². The number of halogens is 3. The van der Waals surface area contributed by atoms with Gasteiger partial charge in [-0.3, -0.25) is 0 Å². The van der Waals surface area contributed by atoms with Gasteiger partial charge in [0.1, 0.15) is 10.1 Å². The van der Waals surface area contributed by atoms with E-state index in [0.29, 0.717) is 0 Å². The SMILES string of the molecule is O=S(=O)([O-])C(Br)(Br)Br.[Ag+]. The molecule has 0 aliphatic heterocycles. The third-order valence-electron chi connectivity index (χ3n) is 0.283. The van der Waals surface area contributed by atoms with Crippen LogP contribution in [0.3, 0.4) is 0 Å². The van der Waals surface area contributed by atoms with Gasteiger partial charge in [0.2, 0.25) is 1.47 Å². The summed E-state index contributed by atoms with van der Waals surface area (Å²) in [5.74, 6) is 0. The van der Waals surface area contributed by atoms with E-state index in [1.165, 1.54) is 0 Å². The molecule has 0 aromatic carbocycles. The van der Waals surface area contributed by atoms with Crippen LogP contribution >= 0.6 is 47.8 Å². The molecule has 0 spiro atoms. The molecule has 0 saturated carbocycles.